The van der Waals surface area contributed by atoms with E-state index < -0.39 is 0 Å². The van der Waals surface area contributed by atoms with Crippen LogP contribution in [0.25, 0.3) is 0 Å². The first-order chi connectivity index (χ1) is 7.72. The third-order valence-electron chi connectivity index (χ3n) is 4.01. The molecule has 0 aromatic rings. The van der Waals surface area contributed by atoms with Gasteiger partial charge >= 0.3 is 0 Å². The van der Waals surface area contributed by atoms with E-state index in [0.29, 0.717) is 18.1 Å². The Kier molecular flexibility index (Phi) is 4.19. The summed E-state index contributed by atoms with van der Waals surface area (Å²) >= 11 is 0. The van der Waals surface area contributed by atoms with E-state index in [1.807, 2.05) is 0 Å². The Morgan fingerprint density at radius 1 is 1.31 bits per heavy atom. The van der Waals surface area contributed by atoms with E-state index >= 15 is 0 Å². The molecule has 2 aliphatic rings. The minimum absolute atomic E-state index is 0.558. The number of hydrogen-bond donors (Lipinski definition) is 1. The molecule has 2 saturated heterocycles. The Morgan fingerprint density at radius 2 is 2.12 bits per heavy atom. The van der Waals surface area contributed by atoms with Gasteiger partial charge in [0.25, 0.3) is 0 Å². The number of likely N-dealkylation sites (N-methyl/N-ethyl adjacent to an activating group) is 2. The quantitative estimate of drug-likeness (QED) is 0.719. The first-order valence-corrected chi connectivity index (χ1v) is 6.41. The molecule has 2 fully saturated rings. The summed E-state index contributed by atoms with van der Waals surface area (Å²) in [5.41, 5.74) is 0. The fourth-order valence-electron chi connectivity index (χ4n) is 3.03. The van der Waals surface area contributed by atoms with Gasteiger partial charge in [-0.25, -0.2) is 0 Å². The summed E-state index contributed by atoms with van der Waals surface area (Å²) in [6, 6.07) is 1.79. The summed E-state index contributed by atoms with van der Waals surface area (Å²) in [6.07, 6.45) is 1.14. The normalized spacial score (nSPS) is 38.8. The predicted octanol–water partition coefficient (Wildman–Crippen LogP) is -0.000800. The lowest BCUT2D eigenvalue weighted by Crippen LogP contribution is -2.62. The average molecular weight is 227 g/mol. The SMILES string of the molecule is CNC1CCOCC1N1CCN(C)CC1C. The van der Waals surface area contributed by atoms with E-state index in [1.54, 1.807) is 0 Å². The molecule has 4 heteroatoms. The van der Waals surface area contributed by atoms with Crippen molar-refractivity contribution in [3.05, 3.63) is 0 Å². The number of rotatable bonds is 2. The molecule has 0 saturated carbocycles. The smallest absolute Gasteiger partial charge is 0.0637 e. The van der Waals surface area contributed by atoms with Gasteiger partial charge in [0, 0.05) is 44.4 Å². The minimum atomic E-state index is 0.558. The number of piperazine rings is 1. The third kappa shape index (κ3) is 2.56. The average Bonchev–Trinajstić information content (AvgIpc) is 2.29. The summed E-state index contributed by atoms with van der Waals surface area (Å²) in [4.78, 5) is 5.04. The molecular weight excluding hydrogens is 202 g/mol. The highest BCUT2D eigenvalue weighted by Crippen LogP contribution is 2.19. The molecule has 0 spiro atoms. The van der Waals surface area contributed by atoms with Crippen molar-refractivity contribution in [2.45, 2.75) is 31.5 Å². The summed E-state index contributed by atoms with van der Waals surface area (Å²) in [5, 5.41) is 3.45. The zero-order chi connectivity index (χ0) is 11.5. The van der Waals surface area contributed by atoms with Crippen molar-refractivity contribution in [2.24, 2.45) is 0 Å². The molecule has 3 unspecified atom stereocenters. The van der Waals surface area contributed by atoms with Gasteiger partial charge in [-0.1, -0.05) is 0 Å². The van der Waals surface area contributed by atoms with Gasteiger partial charge in [-0.3, -0.25) is 4.90 Å². The highest BCUT2D eigenvalue weighted by molar-refractivity contribution is 4.91. The summed E-state index contributed by atoms with van der Waals surface area (Å²) in [7, 11) is 4.28. The molecule has 2 aliphatic heterocycles. The lowest BCUT2D eigenvalue weighted by Gasteiger charge is -2.46. The second-order valence-electron chi connectivity index (χ2n) is 5.18. The van der Waals surface area contributed by atoms with Crippen LogP contribution in [0.15, 0.2) is 0 Å². The Balaban J connectivity index is 1.98. The van der Waals surface area contributed by atoms with Crippen molar-refractivity contribution in [3.63, 3.8) is 0 Å². The molecule has 0 aromatic heterocycles. The Bertz CT molecular complexity index is 224. The fraction of sp³-hybridized carbons (Fsp3) is 1.00. The van der Waals surface area contributed by atoms with E-state index in [-0.39, 0.29) is 0 Å². The summed E-state index contributed by atoms with van der Waals surface area (Å²) in [6.45, 7) is 7.65. The largest absolute Gasteiger partial charge is 0.380 e. The molecule has 2 heterocycles. The van der Waals surface area contributed by atoms with Crippen molar-refractivity contribution in [1.82, 2.24) is 15.1 Å². The molecule has 94 valence electrons. The van der Waals surface area contributed by atoms with Gasteiger partial charge in [-0.2, -0.15) is 0 Å². The maximum Gasteiger partial charge on any atom is 0.0637 e. The molecule has 0 aromatic carbocycles. The van der Waals surface area contributed by atoms with Crippen LogP contribution in [-0.2, 0) is 4.74 Å². The second-order valence-corrected chi connectivity index (χ2v) is 5.18. The molecule has 0 radical (unpaired) electrons. The van der Waals surface area contributed by atoms with Crippen molar-refractivity contribution < 1.29 is 4.74 Å². The van der Waals surface area contributed by atoms with Crippen molar-refractivity contribution in [3.8, 4) is 0 Å². The van der Waals surface area contributed by atoms with E-state index in [1.165, 1.54) is 19.6 Å². The lowest BCUT2D eigenvalue weighted by molar-refractivity contribution is -0.0357. The van der Waals surface area contributed by atoms with Gasteiger partial charge in [0.1, 0.15) is 0 Å². The third-order valence-corrected chi connectivity index (χ3v) is 4.01. The van der Waals surface area contributed by atoms with Crippen LogP contribution in [0, 0.1) is 0 Å². The summed E-state index contributed by atoms with van der Waals surface area (Å²) in [5.74, 6) is 0. The number of ether oxygens (including phenoxy) is 1. The standard InChI is InChI=1S/C12H25N3O/c1-10-8-14(3)5-6-15(10)12-9-16-7-4-11(12)13-2/h10-13H,4-9H2,1-3H3. The zero-order valence-electron chi connectivity index (χ0n) is 10.8. The Labute approximate surface area is 98.9 Å². The second kappa shape index (κ2) is 5.45. The molecule has 0 bridgehead atoms. The molecular formula is C12H25N3O. The van der Waals surface area contributed by atoms with Crippen LogP contribution in [0.3, 0.4) is 0 Å². The first kappa shape index (κ1) is 12.3. The van der Waals surface area contributed by atoms with Crippen LogP contribution < -0.4 is 5.32 Å². The van der Waals surface area contributed by atoms with Gasteiger partial charge in [0.2, 0.25) is 0 Å². The maximum atomic E-state index is 5.65. The lowest BCUT2D eigenvalue weighted by atomic mass is 9.99. The molecule has 3 atom stereocenters. The van der Waals surface area contributed by atoms with Crippen molar-refractivity contribution in [1.29, 1.82) is 0 Å². The van der Waals surface area contributed by atoms with E-state index in [4.69, 9.17) is 4.74 Å². The van der Waals surface area contributed by atoms with Gasteiger partial charge in [0.05, 0.1) is 6.61 Å². The van der Waals surface area contributed by atoms with Crippen LogP contribution >= 0.6 is 0 Å². The maximum absolute atomic E-state index is 5.65. The van der Waals surface area contributed by atoms with Gasteiger partial charge in [-0.05, 0) is 27.4 Å². The number of nitrogens with one attached hydrogen (secondary N) is 1. The Hall–Kier alpha value is -0.160. The number of nitrogens with zero attached hydrogens (tertiary/aromatic N) is 2. The minimum Gasteiger partial charge on any atom is -0.380 e. The predicted molar refractivity (Wildman–Crippen MR) is 65.7 cm³/mol. The summed E-state index contributed by atoms with van der Waals surface area (Å²) < 4.78 is 5.65. The number of hydrogen-bond acceptors (Lipinski definition) is 4. The van der Waals surface area contributed by atoms with Crippen LogP contribution in [0.5, 0.6) is 0 Å². The topological polar surface area (TPSA) is 27.7 Å². The van der Waals surface area contributed by atoms with Crippen LogP contribution in [0.2, 0.25) is 0 Å². The van der Waals surface area contributed by atoms with Crippen LogP contribution in [0.4, 0.5) is 0 Å². The molecule has 0 amide bonds. The Morgan fingerprint density at radius 3 is 2.81 bits per heavy atom. The van der Waals surface area contributed by atoms with E-state index in [0.717, 1.165) is 19.6 Å². The zero-order valence-corrected chi connectivity index (χ0v) is 10.8. The molecule has 0 aliphatic carbocycles. The first-order valence-electron chi connectivity index (χ1n) is 6.41. The van der Waals surface area contributed by atoms with Crippen molar-refractivity contribution >= 4 is 0 Å². The van der Waals surface area contributed by atoms with Crippen molar-refractivity contribution in [2.75, 3.05) is 46.9 Å². The van der Waals surface area contributed by atoms with Crippen LogP contribution in [-0.4, -0.2) is 74.9 Å². The van der Waals surface area contributed by atoms with Gasteiger partial charge < -0.3 is 15.0 Å². The molecule has 1 N–H and O–H groups in total. The highest BCUT2D eigenvalue weighted by Gasteiger charge is 2.34. The fourth-order valence-corrected chi connectivity index (χ4v) is 3.03. The molecule has 16 heavy (non-hydrogen) atoms. The molecule has 2 rings (SSSR count). The molecule has 4 nitrogen and oxygen atoms in total. The van der Waals surface area contributed by atoms with Gasteiger partial charge in [-0.15, -0.1) is 0 Å². The van der Waals surface area contributed by atoms with E-state index in [2.05, 4.69) is 36.1 Å². The van der Waals surface area contributed by atoms with E-state index in [9.17, 15) is 0 Å². The van der Waals surface area contributed by atoms with Crippen LogP contribution in [0.1, 0.15) is 13.3 Å². The highest BCUT2D eigenvalue weighted by atomic mass is 16.5. The monoisotopic (exact) mass is 227 g/mol. The van der Waals surface area contributed by atoms with Gasteiger partial charge in [0.15, 0.2) is 0 Å².